The summed E-state index contributed by atoms with van der Waals surface area (Å²) in [6.07, 6.45) is 3.24. The minimum Gasteiger partial charge on any atom is -0.350 e. The van der Waals surface area contributed by atoms with Crippen LogP contribution in [0.5, 0.6) is 0 Å². The van der Waals surface area contributed by atoms with Crippen LogP contribution in [-0.2, 0) is 16.1 Å². The maximum atomic E-state index is 13.3. The standard InChI is InChI=1S/C22H15Cl2N3O2/c23-15-6-7-17(18(24)12-15)19-20(26-16-4-2-1-3-5-16)22(29)27(21(19)28)13-14-8-10-25-11-9-14/h1-12,26H,13H2. The number of anilines is 1. The van der Waals surface area contributed by atoms with Crippen molar-refractivity contribution in [1.29, 1.82) is 0 Å². The fraction of sp³-hybridized carbons (Fsp3) is 0.0455. The Morgan fingerprint density at radius 1 is 0.897 bits per heavy atom. The molecule has 1 aliphatic heterocycles. The van der Waals surface area contributed by atoms with Crippen molar-refractivity contribution in [3.8, 4) is 0 Å². The lowest BCUT2D eigenvalue weighted by atomic mass is 10.0. The van der Waals surface area contributed by atoms with E-state index in [9.17, 15) is 9.59 Å². The number of pyridine rings is 1. The van der Waals surface area contributed by atoms with Crippen LogP contribution < -0.4 is 5.32 Å². The summed E-state index contributed by atoms with van der Waals surface area (Å²) in [4.78, 5) is 31.6. The third-order valence-electron chi connectivity index (χ3n) is 4.50. The molecule has 0 fully saturated rings. The van der Waals surface area contributed by atoms with Crippen molar-refractivity contribution in [2.45, 2.75) is 6.54 Å². The summed E-state index contributed by atoms with van der Waals surface area (Å²) in [5.41, 5.74) is 2.33. The number of amides is 2. The van der Waals surface area contributed by atoms with E-state index in [-0.39, 0.29) is 17.8 Å². The number of nitrogens with one attached hydrogen (secondary N) is 1. The lowest BCUT2D eigenvalue weighted by molar-refractivity contribution is -0.137. The van der Waals surface area contributed by atoms with Crippen LogP contribution in [0, 0.1) is 0 Å². The number of imide groups is 1. The first-order valence-electron chi connectivity index (χ1n) is 8.81. The quantitative estimate of drug-likeness (QED) is 0.599. The van der Waals surface area contributed by atoms with Gasteiger partial charge < -0.3 is 5.32 Å². The van der Waals surface area contributed by atoms with E-state index in [0.717, 1.165) is 5.56 Å². The van der Waals surface area contributed by atoms with Crippen LogP contribution in [-0.4, -0.2) is 21.7 Å². The van der Waals surface area contributed by atoms with E-state index in [1.807, 2.05) is 30.3 Å². The third-order valence-corrected chi connectivity index (χ3v) is 5.05. The summed E-state index contributed by atoms with van der Waals surface area (Å²) in [5, 5.41) is 3.84. The number of para-hydroxylation sites is 1. The number of hydrogen-bond acceptors (Lipinski definition) is 4. The first-order chi connectivity index (χ1) is 14.0. The summed E-state index contributed by atoms with van der Waals surface area (Å²) >= 11 is 12.4. The maximum absolute atomic E-state index is 13.3. The van der Waals surface area contributed by atoms with E-state index < -0.39 is 11.8 Å². The first-order valence-corrected chi connectivity index (χ1v) is 9.57. The highest BCUT2D eigenvalue weighted by Gasteiger charge is 2.40. The van der Waals surface area contributed by atoms with E-state index in [2.05, 4.69) is 10.3 Å². The Kier molecular flexibility index (Phi) is 5.34. The summed E-state index contributed by atoms with van der Waals surface area (Å²) in [6, 6.07) is 17.5. The molecule has 29 heavy (non-hydrogen) atoms. The molecular weight excluding hydrogens is 409 g/mol. The minimum absolute atomic E-state index is 0.134. The van der Waals surface area contributed by atoms with Crippen LogP contribution in [0.4, 0.5) is 5.69 Å². The molecule has 0 unspecified atom stereocenters. The second kappa shape index (κ2) is 8.07. The summed E-state index contributed by atoms with van der Waals surface area (Å²) in [5.74, 6) is -0.842. The van der Waals surface area contributed by atoms with Crippen LogP contribution in [0.15, 0.2) is 78.8 Å². The highest BCUT2D eigenvalue weighted by molar-refractivity contribution is 6.41. The molecule has 2 aromatic carbocycles. The van der Waals surface area contributed by atoms with Gasteiger partial charge in [0.25, 0.3) is 11.8 Å². The zero-order valence-corrected chi connectivity index (χ0v) is 16.6. The van der Waals surface area contributed by atoms with Crippen molar-refractivity contribution >= 4 is 46.3 Å². The number of rotatable bonds is 5. The molecule has 7 heteroatoms. The second-order valence-electron chi connectivity index (χ2n) is 6.42. The van der Waals surface area contributed by atoms with Crippen LogP contribution in [0.25, 0.3) is 5.57 Å². The topological polar surface area (TPSA) is 62.3 Å². The lowest BCUT2D eigenvalue weighted by Crippen LogP contribution is -2.32. The zero-order valence-electron chi connectivity index (χ0n) is 15.1. The summed E-state index contributed by atoms with van der Waals surface area (Å²) in [6.45, 7) is 0.134. The highest BCUT2D eigenvalue weighted by atomic mass is 35.5. The largest absolute Gasteiger partial charge is 0.350 e. The van der Waals surface area contributed by atoms with Gasteiger partial charge in [0.1, 0.15) is 5.70 Å². The molecule has 1 aliphatic rings. The van der Waals surface area contributed by atoms with E-state index in [1.165, 1.54) is 4.90 Å². The molecule has 0 atom stereocenters. The minimum atomic E-state index is -0.422. The van der Waals surface area contributed by atoms with E-state index in [1.54, 1.807) is 42.7 Å². The van der Waals surface area contributed by atoms with Gasteiger partial charge >= 0.3 is 0 Å². The highest BCUT2D eigenvalue weighted by Crippen LogP contribution is 2.35. The molecule has 3 aromatic rings. The van der Waals surface area contributed by atoms with E-state index >= 15 is 0 Å². The molecule has 0 spiro atoms. The van der Waals surface area contributed by atoms with Gasteiger partial charge in [0, 0.05) is 28.7 Å². The Balaban J connectivity index is 1.78. The summed E-state index contributed by atoms with van der Waals surface area (Å²) in [7, 11) is 0. The molecule has 5 nitrogen and oxygen atoms in total. The van der Waals surface area contributed by atoms with Gasteiger partial charge in [0.2, 0.25) is 0 Å². The van der Waals surface area contributed by atoms with Gasteiger partial charge in [0.15, 0.2) is 0 Å². The molecule has 0 saturated carbocycles. The Labute approximate surface area is 177 Å². The Morgan fingerprint density at radius 2 is 1.62 bits per heavy atom. The molecule has 1 N–H and O–H groups in total. The number of halogens is 2. The summed E-state index contributed by atoms with van der Waals surface area (Å²) < 4.78 is 0. The fourth-order valence-corrected chi connectivity index (χ4v) is 3.62. The molecule has 144 valence electrons. The van der Waals surface area contributed by atoms with Gasteiger partial charge in [0.05, 0.1) is 17.1 Å². The smallest absolute Gasteiger partial charge is 0.278 e. The lowest BCUT2D eigenvalue weighted by Gasteiger charge is -2.15. The zero-order chi connectivity index (χ0) is 20.4. The van der Waals surface area contributed by atoms with Crippen LogP contribution in [0.3, 0.4) is 0 Å². The predicted octanol–water partition coefficient (Wildman–Crippen LogP) is 4.78. The Hall–Kier alpha value is -3.15. The number of nitrogens with zero attached hydrogens (tertiary/aromatic N) is 2. The monoisotopic (exact) mass is 423 g/mol. The second-order valence-corrected chi connectivity index (χ2v) is 7.26. The van der Waals surface area contributed by atoms with E-state index in [0.29, 0.717) is 21.3 Å². The number of aromatic nitrogens is 1. The van der Waals surface area contributed by atoms with Gasteiger partial charge in [-0.15, -0.1) is 0 Å². The molecule has 2 amide bonds. The first kappa shape index (κ1) is 19.2. The normalized spacial score (nSPS) is 13.9. The molecule has 2 heterocycles. The SMILES string of the molecule is O=C1C(Nc2ccccc2)=C(c2ccc(Cl)cc2Cl)C(=O)N1Cc1ccncc1. The molecule has 0 bridgehead atoms. The van der Waals surface area contributed by atoms with Crippen LogP contribution >= 0.6 is 23.2 Å². The van der Waals surface area contributed by atoms with Gasteiger partial charge in [-0.1, -0.05) is 47.5 Å². The van der Waals surface area contributed by atoms with Gasteiger partial charge in [-0.25, -0.2) is 0 Å². The molecule has 1 aromatic heterocycles. The molecule has 0 saturated heterocycles. The predicted molar refractivity (Wildman–Crippen MR) is 113 cm³/mol. The van der Waals surface area contributed by atoms with Crippen molar-refractivity contribution in [2.24, 2.45) is 0 Å². The number of hydrogen-bond donors (Lipinski definition) is 1. The average molecular weight is 424 g/mol. The fourth-order valence-electron chi connectivity index (χ4n) is 3.11. The molecule has 4 rings (SSSR count). The Bertz CT molecular complexity index is 1120. The van der Waals surface area contributed by atoms with Gasteiger partial charge in [-0.2, -0.15) is 0 Å². The number of carbonyl (C=O) groups is 2. The van der Waals surface area contributed by atoms with Crippen molar-refractivity contribution in [3.05, 3.63) is 99.9 Å². The Morgan fingerprint density at radius 3 is 2.31 bits per heavy atom. The van der Waals surface area contributed by atoms with Crippen molar-refractivity contribution in [1.82, 2.24) is 9.88 Å². The molecule has 0 aliphatic carbocycles. The molecule has 0 radical (unpaired) electrons. The number of benzene rings is 2. The molecular formula is C22H15Cl2N3O2. The van der Waals surface area contributed by atoms with Crippen LogP contribution in [0.2, 0.25) is 10.0 Å². The maximum Gasteiger partial charge on any atom is 0.278 e. The number of carbonyl (C=O) groups excluding carboxylic acids is 2. The van der Waals surface area contributed by atoms with Gasteiger partial charge in [-0.3, -0.25) is 19.5 Å². The van der Waals surface area contributed by atoms with E-state index in [4.69, 9.17) is 23.2 Å². The third kappa shape index (κ3) is 3.88. The van der Waals surface area contributed by atoms with Gasteiger partial charge in [-0.05, 0) is 42.0 Å². The van der Waals surface area contributed by atoms with Crippen LogP contribution in [0.1, 0.15) is 11.1 Å². The van der Waals surface area contributed by atoms with Crippen molar-refractivity contribution in [3.63, 3.8) is 0 Å². The van der Waals surface area contributed by atoms with Crippen molar-refractivity contribution < 1.29 is 9.59 Å². The van der Waals surface area contributed by atoms with Crippen molar-refractivity contribution in [2.75, 3.05) is 5.32 Å². The average Bonchev–Trinajstić information content (AvgIpc) is 2.94.